The van der Waals surface area contributed by atoms with E-state index in [1.54, 1.807) is 0 Å². The lowest BCUT2D eigenvalue weighted by molar-refractivity contribution is 0.296. The van der Waals surface area contributed by atoms with Crippen molar-refractivity contribution in [2.45, 2.75) is 52.0 Å². The Hall–Kier alpha value is -0.830. The minimum absolute atomic E-state index is 0.713. The molecule has 1 N–H and O–H groups in total. The van der Waals surface area contributed by atoms with Gasteiger partial charge in [0.25, 0.3) is 0 Å². The zero-order chi connectivity index (χ0) is 12.1. The van der Waals surface area contributed by atoms with Crippen LogP contribution in [0, 0.1) is 5.92 Å². The first kappa shape index (κ1) is 12.6. The number of imidazole rings is 1. The third kappa shape index (κ3) is 2.89. The van der Waals surface area contributed by atoms with E-state index in [1.165, 1.54) is 37.9 Å². The second kappa shape index (κ2) is 6.20. The average Bonchev–Trinajstić information content (AvgIpc) is 2.79. The molecule has 0 amide bonds. The summed E-state index contributed by atoms with van der Waals surface area (Å²) in [5.41, 5.74) is 1.46. The first-order chi connectivity index (χ1) is 8.36. The maximum atomic E-state index is 4.35. The summed E-state index contributed by atoms with van der Waals surface area (Å²) in [6.07, 6.45) is 9.16. The Morgan fingerprint density at radius 2 is 2.29 bits per heavy atom. The summed E-state index contributed by atoms with van der Waals surface area (Å²) >= 11 is 0. The minimum atomic E-state index is 0.713. The van der Waals surface area contributed by atoms with Gasteiger partial charge in [-0.25, -0.2) is 4.98 Å². The number of hydrogen-bond donors (Lipinski definition) is 1. The zero-order valence-corrected chi connectivity index (χ0v) is 11.2. The lowest BCUT2D eigenvalue weighted by Crippen LogP contribution is -2.36. The lowest BCUT2D eigenvalue weighted by atomic mass is 9.81. The molecular weight excluding hydrogens is 210 g/mol. The molecule has 1 aromatic heterocycles. The number of aromatic nitrogens is 2. The Kier molecular flexibility index (Phi) is 4.60. The molecular formula is C14H25N3. The van der Waals surface area contributed by atoms with Gasteiger partial charge in [-0.05, 0) is 38.3 Å². The molecule has 3 heteroatoms. The van der Waals surface area contributed by atoms with Gasteiger partial charge in [0.2, 0.25) is 0 Å². The van der Waals surface area contributed by atoms with Crippen LogP contribution in [0.5, 0.6) is 0 Å². The molecule has 1 fully saturated rings. The summed E-state index contributed by atoms with van der Waals surface area (Å²) in [6.45, 7) is 7.96. The third-order valence-corrected chi connectivity index (χ3v) is 3.86. The highest BCUT2D eigenvalue weighted by atomic mass is 15.0. The fourth-order valence-electron chi connectivity index (χ4n) is 3.05. The van der Waals surface area contributed by atoms with Crippen LogP contribution in [-0.2, 0) is 6.54 Å². The van der Waals surface area contributed by atoms with Crippen LogP contribution in [0.3, 0.4) is 0 Å². The predicted molar refractivity (Wildman–Crippen MR) is 71.1 cm³/mol. The summed E-state index contributed by atoms with van der Waals surface area (Å²) in [7, 11) is 0. The SMILES string of the molecule is CCCC1CNCCC1c1cncn1CCC. The van der Waals surface area contributed by atoms with Gasteiger partial charge in [0.1, 0.15) is 0 Å². The monoisotopic (exact) mass is 235 g/mol. The van der Waals surface area contributed by atoms with E-state index in [2.05, 4.69) is 34.9 Å². The Morgan fingerprint density at radius 1 is 1.41 bits per heavy atom. The maximum Gasteiger partial charge on any atom is 0.0948 e. The first-order valence-corrected chi connectivity index (χ1v) is 7.07. The smallest absolute Gasteiger partial charge is 0.0948 e. The van der Waals surface area contributed by atoms with Crippen LogP contribution in [0.4, 0.5) is 0 Å². The van der Waals surface area contributed by atoms with Crippen molar-refractivity contribution < 1.29 is 0 Å². The molecule has 1 aromatic rings. The highest BCUT2D eigenvalue weighted by Crippen LogP contribution is 2.32. The maximum absolute atomic E-state index is 4.35. The van der Waals surface area contributed by atoms with Crippen molar-refractivity contribution in [1.82, 2.24) is 14.9 Å². The summed E-state index contributed by atoms with van der Waals surface area (Å²) in [6, 6.07) is 0. The normalized spacial score (nSPS) is 25.1. The quantitative estimate of drug-likeness (QED) is 0.850. The van der Waals surface area contributed by atoms with E-state index in [9.17, 15) is 0 Å². The van der Waals surface area contributed by atoms with Gasteiger partial charge in [-0.15, -0.1) is 0 Å². The van der Waals surface area contributed by atoms with E-state index in [4.69, 9.17) is 0 Å². The van der Waals surface area contributed by atoms with Gasteiger partial charge < -0.3 is 9.88 Å². The number of piperidine rings is 1. The van der Waals surface area contributed by atoms with Gasteiger partial charge in [0.15, 0.2) is 0 Å². The van der Waals surface area contributed by atoms with Gasteiger partial charge in [-0.1, -0.05) is 20.3 Å². The topological polar surface area (TPSA) is 29.9 Å². The molecule has 0 bridgehead atoms. The van der Waals surface area contributed by atoms with Crippen LogP contribution in [-0.4, -0.2) is 22.6 Å². The molecule has 2 unspecified atom stereocenters. The molecule has 1 saturated heterocycles. The van der Waals surface area contributed by atoms with Crippen LogP contribution < -0.4 is 5.32 Å². The molecule has 17 heavy (non-hydrogen) atoms. The highest BCUT2D eigenvalue weighted by molar-refractivity contribution is 5.10. The van der Waals surface area contributed by atoms with Crippen molar-refractivity contribution in [3.05, 3.63) is 18.2 Å². The van der Waals surface area contributed by atoms with E-state index in [0.29, 0.717) is 5.92 Å². The van der Waals surface area contributed by atoms with Crippen molar-refractivity contribution in [3.8, 4) is 0 Å². The zero-order valence-electron chi connectivity index (χ0n) is 11.2. The van der Waals surface area contributed by atoms with Gasteiger partial charge in [0, 0.05) is 24.4 Å². The van der Waals surface area contributed by atoms with E-state index in [1.807, 2.05) is 6.33 Å². The average molecular weight is 235 g/mol. The minimum Gasteiger partial charge on any atom is -0.334 e. The molecule has 3 nitrogen and oxygen atoms in total. The van der Waals surface area contributed by atoms with Crippen LogP contribution >= 0.6 is 0 Å². The van der Waals surface area contributed by atoms with Gasteiger partial charge in [-0.3, -0.25) is 0 Å². The van der Waals surface area contributed by atoms with Crippen molar-refractivity contribution in [2.24, 2.45) is 5.92 Å². The van der Waals surface area contributed by atoms with Crippen molar-refractivity contribution in [3.63, 3.8) is 0 Å². The molecule has 2 atom stereocenters. The van der Waals surface area contributed by atoms with Crippen LogP contribution in [0.2, 0.25) is 0 Å². The number of nitrogens with one attached hydrogen (secondary N) is 1. The van der Waals surface area contributed by atoms with E-state index in [0.717, 1.165) is 19.0 Å². The Bertz CT molecular complexity index is 330. The molecule has 0 aromatic carbocycles. The molecule has 0 spiro atoms. The highest BCUT2D eigenvalue weighted by Gasteiger charge is 2.27. The van der Waals surface area contributed by atoms with E-state index in [-0.39, 0.29) is 0 Å². The predicted octanol–water partition coefficient (Wildman–Crippen LogP) is 2.79. The molecule has 1 aliphatic heterocycles. The summed E-state index contributed by atoms with van der Waals surface area (Å²) in [4.78, 5) is 4.35. The number of hydrogen-bond acceptors (Lipinski definition) is 2. The molecule has 96 valence electrons. The van der Waals surface area contributed by atoms with Crippen molar-refractivity contribution >= 4 is 0 Å². The molecule has 0 saturated carbocycles. The Morgan fingerprint density at radius 3 is 3.06 bits per heavy atom. The lowest BCUT2D eigenvalue weighted by Gasteiger charge is -2.32. The Balaban J connectivity index is 2.14. The number of aryl methyl sites for hydroxylation is 1. The third-order valence-electron chi connectivity index (χ3n) is 3.86. The summed E-state index contributed by atoms with van der Waals surface area (Å²) in [5, 5.41) is 3.53. The Labute approximate surface area is 105 Å². The molecule has 0 radical (unpaired) electrons. The fraction of sp³-hybridized carbons (Fsp3) is 0.786. The second-order valence-electron chi connectivity index (χ2n) is 5.16. The molecule has 2 heterocycles. The molecule has 2 rings (SSSR count). The van der Waals surface area contributed by atoms with E-state index >= 15 is 0 Å². The second-order valence-corrected chi connectivity index (χ2v) is 5.16. The standard InChI is InChI=1S/C14H25N3/c1-3-5-12-9-15-7-6-13(12)14-10-16-11-17(14)8-4-2/h10-13,15H,3-9H2,1-2H3. The van der Waals surface area contributed by atoms with Gasteiger partial charge in [0.05, 0.1) is 6.33 Å². The van der Waals surface area contributed by atoms with Crippen molar-refractivity contribution in [1.29, 1.82) is 0 Å². The first-order valence-electron chi connectivity index (χ1n) is 7.07. The number of rotatable bonds is 5. The van der Waals surface area contributed by atoms with Crippen LogP contribution in [0.1, 0.15) is 51.1 Å². The number of nitrogens with zero attached hydrogens (tertiary/aromatic N) is 2. The largest absolute Gasteiger partial charge is 0.334 e. The molecule has 0 aliphatic carbocycles. The fourth-order valence-corrected chi connectivity index (χ4v) is 3.05. The molecule has 1 aliphatic rings. The van der Waals surface area contributed by atoms with Gasteiger partial charge >= 0.3 is 0 Å². The van der Waals surface area contributed by atoms with Crippen LogP contribution in [0.15, 0.2) is 12.5 Å². The summed E-state index contributed by atoms with van der Waals surface area (Å²) in [5.74, 6) is 1.51. The van der Waals surface area contributed by atoms with Crippen molar-refractivity contribution in [2.75, 3.05) is 13.1 Å². The summed E-state index contributed by atoms with van der Waals surface area (Å²) < 4.78 is 2.36. The van der Waals surface area contributed by atoms with E-state index < -0.39 is 0 Å². The van der Waals surface area contributed by atoms with Crippen LogP contribution in [0.25, 0.3) is 0 Å². The van der Waals surface area contributed by atoms with Gasteiger partial charge in [-0.2, -0.15) is 0 Å².